The fourth-order valence-corrected chi connectivity index (χ4v) is 4.59. The van der Waals surface area contributed by atoms with Crippen LogP contribution in [-0.2, 0) is 10.0 Å². The third-order valence-corrected chi connectivity index (χ3v) is 7.76. The number of hydrogen-bond donors (Lipinski definition) is 0. The highest BCUT2D eigenvalue weighted by Gasteiger charge is 2.18. The van der Waals surface area contributed by atoms with Crippen molar-refractivity contribution in [2.45, 2.75) is 97.3 Å². The summed E-state index contributed by atoms with van der Waals surface area (Å²) in [6.07, 6.45) is 16.1. The van der Waals surface area contributed by atoms with Gasteiger partial charge in [0, 0.05) is 20.0 Å². The van der Waals surface area contributed by atoms with Gasteiger partial charge in [-0.05, 0) is 13.3 Å². The van der Waals surface area contributed by atoms with Crippen LogP contribution in [0.1, 0.15) is 97.3 Å². The first kappa shape index (κ1) is 30.8. The zero-order valence-corrected chi connectivity index (χ0v) is 22.5. The quantitative estimate of drug-likeness (QED) is 0.146. The summed E-state index contributed by atoms with van der Waals surface area (Å²) in [5, 5.41) is 0. The Kier molecular flexibility index (Phi) is 20.2. The van der Waals surface area contributed by atoms with Crippen molar-refractivity contribution in [1.82, 2.24) is 4.31 Å². The minimum absolute atomic E-state index is 0. The van der Waals surface area contributed by atoms with E-state index in [9.17, 15) is 8.42 Å². The van der Waals surface area contributed by atoms with Crippen molar-refractivity contribution >= 4 is 10.0 Å². The van der Waals surface area contributed by atoms with E-state index in [0.717, 1.165) is 36.8 Å². The maximum Gasteiger partial charge on any atom is 0.213 e. The van der Waals surface area contributed by atoms with E-state index in [-0.39, 0.29) is 24.0 Å². The molecule has 0 aromatic rings. The van der Waals surface area contributed by atoms with Gasteiger partial charge < -0.3 is 28.5 Å². The molecule has 0 aliphatic carbocycles. The van der Waals surface area contributed by atoms with E-state index < -0.39 is 10.0 Å². The Morgan fingerprint density at radius 1 is 0.714 bits per heavy atom. The average Bonchev–Trinajstić information content (AvgIpc) is 2.62. The van der Waals surface area contributed by atoms with E-state index in [0.29, 0.717) is 12.3 Å². The third-order valence-electron chi connectivity index (χ3n) is 5.82. The number of quaternary nitrogens is 1. The molecule has 0 rings (SSSR count). The van der Waals surface area contributed by atoms with Gasteiger partial charge in [0.25, 0.3) is 0 Å². The Bertz CT molecular complexity index is 442. The van der Waals surface area contributed by atoms with Gasteiger partial charge in [-0.3, -0.25) is 0 Å². The van der Waals surface area contributed by atoms with E-state index in [1.807, 2.05) is 0 Å². The molecule has 0 amide bonds. The van der Waals surface area contributed by atoms with Gasteiger partial charge in [0.1, 0.15) is 0 Å². The molecule has 28 heavy (non-hydrogen) atoms. The molecule has 0 aromatic heterocycles. The minimum atomic E-state index is -3.07. The summed E-state index contributed by atoms with van der Waals surface area (Å²) in [5.41, 5.74) is 0. The number of nitrogens with zero attached hydrogens (tertiary/aromatic N) is 2. The predicted molar refractivity (Wildman–Crippen MR) is 120 cm³/mol. The van der Waals surface area contributed by atoms with E-state index in [4.69, 9.17) is 0 Å². The van der Waals surface area contributed by atoms with Gasteiger partial charge in [-0.1, -0.05) is 77.6 Å². The van der Waals surface area contributed by atoms with Gasteiger partial charge in [0.15, 0.2) is 0 Å². The molecule has 0 atom stereocenters. The van der Waals surface area contributed by atoms with Gasteiger partial charge in [0.05, 0.1) is 32.9 Å². The lowest BCUT2D eigenvalue weighted by molar-refractivity contribution is -0.888. The molecule has 0 saturated carbocycles. The summed E-state index contributed by atoms with van der Waals surface area (Å²) in [4.78, 5) is 0. The second-order valence-electron chi connectivity index (χ2n) is 8.86. The molecule has 0 unspecified atom stereocenters. The third kappa shape index (κ3) is 17.5. The molecule has 0 N–H and O–H groups in total. The lowest BCUT2D eigenvalue weighted by Crippen LogP contribution is -3.00. The summed E-state index contributed by atoms with van der Waals surface area (Å²) in [5.74, 6) is 0.312. The normalized spacial score (nSPS) is 12.4. The van der Waals surface area contributed by atoms with Crippen molar-refractivity contribution in [1.29, 1.82) is 0 Å². The molecule has 0 bridgehead atoms. The van der Waals surface area contributed by atoms with Crippen LogP contribution in [-0.4, -0.2) is 63.7 Å². The van der Waals surface area contributed by atoms with Crippen LogP contribution in [0.2, 0.25) is 0 Å². The lowest BCUT2D eigenvalue weighted by Gasteiger charge is -2.29. The summed E-state index contributed by atoms with van der Waals surface area (Å²) in [7, 11) is 3.06. The number of halogens is 1. The Labute approximate surface area is 194 Å². The second-order valence-corrected chi connectivity index (χ2v) is 11.1. The number of hydrogen-bond acceptors (Lipinski definition) is 2. The molecule has 0 radical (unpaired) electrons. The van der Waals surface area contributed by atoms with Crippen LogP contribution in [0.25, 0.3) is 0 Å². The molecule has 0 spiro atoms. The Balaban J connectivity index is 0. The highest BCUT2D eigenvalue weighted by atomic mass is 127. The Hall–Kier alpha value is 0.600. The first-order valence-corrected chi connectivity index (χ1v) is 13.1. The summed E-state index contributed by atoms with van der Waals surface area (Å²) < 4.78 is 27.2. The van der Waals surface area contributed by atoms with Crippen molar-refractivity contribution in [3.63, 3.8) is 0 Å². The van der Waals surface area contributed by atoms with Gasteiger partial charge >= 0.3 is 0 Å². The molecule has 0 saturated heterocycles. The van der Waals surface area contributed by atoms with E-state index in [1.165, 1.54) is 64.2 Å². The average molecular weight is 533 g/mol. The van der Waals surface area contributed by atoms with Gasteiger partial charge in [-0.25, -0.2) is 12.7 Å². The van der Waals surface area contributed by atoms with Crippen molar-refractivity contribution < 1.29 is 36.9 Å². The summed E-state index contributed by atoms with van der Waals surface area (Å²) in [6, 6.07) is 0. The second kappa shape index (κ2) is 18.4. The van der Waals surface area contributed by atoms with Crippen LogP contribution in [0.3, 0.4) is 0 Å². The van der Waals surface area contributed by atoms with E-state index >= 15 is 0 Å². The van der Waals surface area contributed by atoms with Crippen molar-refractivity contribution in [3.8, 4) is 0 Å². The molecule has 172 valence electrons. The van der Waals surface area contributed by atoms with Gasteiger partial charge in [-0.15, -0.1) is 0 Å². The SMILES string of the molecule is CCCCCCCCCCCCCCS(=O)(=O)N(C)CCC[N+](C)(C)CC.[I-]. The molecular weight excluding hydrogens is 483 g/mol. The highest BCUT2D eigenvalue weighted by Crippen LogP contribution is 2.13. The molecule has 0 aromatic carbocycles. The molecule has 4 nitrogen and oxygen atoms in total. The highest BCUT2D eigenvalue weighted by molar-refractivity contribution is 7.89. The van der Waals surface area contributed by atoms with Crippen LogP contribution in [0.4, 0.5) is 0 Å². The number of sulfonamides is 1. The van der Waals surface area contributed by atoms with Gasteiger partial charge in [-0.2, -0.15) is 0 Å². The van der Waals surface area contributed by atoms with Crippen molar-refractivity contribution in [2.75, 3.05) is 46.5 Å². The van der Waals surface area contributed by atoms with Gasteiger partial charge in [0.2, 0.25) is 10.0 Å². The molecular formula is C22H49IN2O2S. The maximum atomic E-state index is 12.4. The predicted octanol–water partition coefficient (Wildman–Crippen LogP) is 2.44. The Morgan fingerprint density at radius 2 is 1.14 bits per heavy atom. The largest absolute Gasteiger partial charge is 1.00 e. The topological polar surface area (TPSA) is 37.4 Å². The van der Waals surface area contributed by atoms with E-state index in [2.05, 4.69) is 27.9 Å². The first-order valence-electron chi connectivity index (χ1n) is 11.5. The fraction of sp³-hybridized carbons (Fsp3) is 1.00. The molecule has 0 heterocycles. The minimum Gasteiger partial charge on any atom is -1.00 e. The van der Waals surface area contributed by atoms with Crippen LogP contribution < -0.4 is 24.0 Å². The fourth-order valence-electron chi connectivity index (χ4n) is 3.30. The summed E-state index contributed by atoms with van der Waals surface area (Å²) in [6.45, 7) is 7.18. The molecule has 0 aliphatic rings. The molecule has 6 heteroatoms. The first-order chi connectivity index (χ1) is 12.7. The maximum absolute atomic E-state index is 12.4. The monoisotopic (exact) mass is 532 g/mol. The van der Waals surface area contributed by atoms with Crippen molar-refractivity contribution in [3.05, 3.63) is 0 Å². The van der Waals surface area contributed by atoms with E-state index in [1.54, 1.807) is 11.4 Å². The number of unbranched alkanes of at least 4 members (excludes halogenated alkanes) is 11. The zero-order chi connectivity index (χ0) is 20.6. The van der Waals surface area contributed by atoms with Crippen LogP contribution in [0, 0.1) is 0 Å². The molecule has 0 aliphatic heterocycles. The number of rotatable bonds is 19. The van der Waals surface area contributed by atoms with Crippen LogP contribution >= 0.6 is 0 Å². The lowest BCUT2D eigenvalue weighted by atomic mass is 10.1. The summed E-state index contributed by atoms with van der Waals surface area (Å²) >= 11 is 0. The zero-order valence-electron chi connectivity index (χ0n) is 19.5. The Morgan fingerprint density at radius 3 is 1.57 bits per heavy atom. The smallest absolute Gasteiger partial charge is 0.213 e. The van der Waals surface area contributed by atoms with Crippen LogP contribution in [0.15, 0.2) is 0 Å². The van der Waals surface area contributed by atoms with Crippen LogP contribution in [0.5, 0.6) is 0 Å². The molecule has 0 fully saturated rings. The standard InChI is InChI=1S/C22H49N2O2S.HI/c1-6-8-9-10-11-12-13-14-15-16-17-18-22-27(25,26)23(3)20-19-21-24(4,5)7-2;/h6-22H2,1-5H3;1H/q+1;/p-1. The van der Waals surface area contributed by atoms with Crippen molar-refractivity contribution in [2.24, 2.45) is 0 Å².